The van der Waals surface area contributed by atoms with E-state index < -0.39 is 0 Å². The van der Waals surface area contributed by atoms with Crippen molar-refractivity contribution in [2.24, 2.45) is 0 Å². The Balaban J connectivity index is 1.57. The maximum Gasteiger partial charge on any atom is 0.224 e. The minimum Gasteiger partial charge on any atom is -0.366 e. The van der Waals surface area contributed by atoms with Crippen molar-refractivity contribution in [2.45, 2.75) is 46.3 Å². The molecule has 1 saturated heterocycles. The lowest BCUT2D eigenvalue weighted by molar-refractivity contribution is -0.139. The number of nitrogens with zero attached hydrogens (tertiary/aromatic N) is 5. The molecular weight excluding hydrogens is 308 g/mol. The van der Waals surface area contributed by atoms with Gasteiger partial charge in [-0.05, 0) is 19.9 Å². The number of nitrogens with one attached hydrogen (secondary N) is 1. The van der Waals surface area contributed by atoms with Gasteiger partial charge in [0.15, 0.2) is 5.82 Å². The van der Waals surface area contributed by atoms with Crippen molar-refractivity contribution < 1.29 is 9.53 Å². The number of carbonyl (C=O) groups is 1. The molecule has 0 aliphatic carbocycles. The maximum absolute atomic E-state index is 12.5. The van der Waals surface area contributed by atoms with Gasteiger partial charge in [-0.1, -0.05) is 6.92 Å². The first-order chi connectivity index (χ1) is 11.6. The fourth-order valence-electron chi connectivity index (χ4n) is 2.91. The van der Waals surface area contributed by atoms with Crippen LogP contribution in [0.1, 0.15) is 42.5 Å². The second-order valence-electron chi connectivity index (χ2n) is 6.09. The number of morpholine rings is 1. The van der Waals surface area contributed by atoms with Crippen molar-refractivity contribution >= 4 is 5.91 Å². The highest BCUT2D eigenvalue weighted by atomic mass is 16.5. The summed E-state index contributed by atoms with van der Waals surface area (Å²) in [5.41, 5.74) is 2.05. The molecule has 0 radical (unpaired) electrons. The molecule has 1 aliphatic heterocycles. The zero-order chi connectivity index (χ0) is 17.1. The number of ether oxygens (including phenoxy) is 1. The molecule has 3 heterocycles. The minimum absolute atomic E-state index is 0.113. The van der Waals surface area contributed by atoms with Crippen molar-refractivity contribution in [3.63, 3.8) is 0 Å². The first kappa shape index (κ1) is 16.6. The number of rotatable bonds is 5. The van der Waals surface area contributed by atoms with Crippen LogP contribution in [0.2, 0.25) is 0 Å². The Hall–Kier alpha value is -2.22. The number of amides is 1. The van der Waals surface area contributed by atoms with E-state index in [4.69, 9.17) is 4.74 Å². The van der Waals surface area contributed by atoms with Gasteiger partial charge in [-0.3, -0.25) is 14.6 Å². The summed E-state index contributed by atoms with van der Waals surface area (Å²) in [4.78, 5) is 18.8. The van der Waals surface area contributed by atoms with Gasteiger partial charge >= 0.3 is 0 Å². The third kappa shape index (κ3) is 3.64. The Labute approximate surface area is 141 Å². The summed E-state index contributed by atoms with van der Waals surface area (Å²) in [6.07, 6.45) is 0.974. The van der Waals surface area contributed by atoms with E-state index in [0.29, 0.717) is 38.5 Å². The molecule has 0 aromatic carbocycles. The molecule has 8 heteroatoms. The molecule has 1 atom stereocenters. The van der Waals surface area contributed by atoms with E-state index >= 15 is 0 Å². The molecular formula is C16H24N6O2. The molecule has 8 nitrogen and oxygen atoms in total. The quantitative estimate of drug-likeness (QED) is 0.888. The standard InChI is InChI=1S/C16H24N6O2/c1-4-14-17-16(19-18-14)13-10-21(7-8-24-13)15(23)5-6-22-12(3)9-11(2)20-22/h9,13H,4-8,10H2,1-3H3,(H,17,18,19)/t13-/m1/s1. The molecule has 2 aromatic rings. The van der Waals surface area contributed by atoms with E-state index in [0.717, 1.165) is 23.6 Å². The molecule has 1 N–H and O–H groups in total. The number of hydrogen-bond acceptors (Lipinski definition) is 5. The Morgan fingerprint density at radius 2 is 2.29 bits per heavy atom. The van der Waals surface area contributed by atoms with Crippen molar-refractivity contribution in [1.29, 1.82) is 0 Å². The van der Waals surface area contributed by atoms with Crippen LogP contribution in [-0.2, 0) is 22.5 Å². The molecule has 0 bridgehead atoms. The molecule has 0 spiro atoms. The van der Waals surface area contributed by atoms with E-state index in [1.807, 2.05) is 36.4 Å². The van der Waals surface area contributed by atoms with Crippen molar-refractivity contribution in [3.05, 3.63) is 29.1 Å². The lowest BCUT2D eigenvalue weighted by Crippen LogP contribution is -2.42. The van der Waals surface area contributed by atoms with Gasteiger partial charge in [-0.15, -0.1) is 0 Å². The Morgan fingerprint density at radius 3 is 2.96 bits per heavy atom. The molecule has 1 fully saturated rings. The molecule has 1 aliphatic rings. The largest absolute Gasteiger partial charge is 0.366 e. The summed E-state index contributed by atoms with van der Waals surface area (Å²) in [7, 11) is 0. The van der Waals surface area contributed by atoms with E-state index in [-0.39, 0.29) is 12.0 Å². The van der Waals surface area contributed by atoms with Crippen LogP contribution < -0.4 is 0 Å². The number of carbonyl (C=O) groups excluding carboxylic acids is 1. The summed E-state index contributed by atoms with van der Waals surface area (Å²) in [5.74, 6) is 1.58. The smallest absolute Gasteiger partial charge is 0.224 e. The molecule has 130 valence electrons. The van der Waals surface area contributed by atoms with E-state index in [2.05, 4.69) is 20.3 Å². The fraction of sp³-hybridized carbons (Fsp3) is 0.625. The number of aryl methyl sites for hydroxylation is 4. The van der Waals surface area contributed by atoms with Crippen molar-refractivity contribution in [1.82, 2.24) is 29.9 Å². The zero-order valence-electron chi connectivity index (χ0n) is 14.4. The lowest BCUT2D eigenvalue weighted by Gasteiger charge is -2.31. The second-order valence-corrected chi connectivity index (χ2v) is 6.09. The molecule has 3 rings (SSSR count). The average Bonchev–Trinajstić information content (AvgIpc) is 3.19. The Bertz CT molecular complexity index is 707. The number of H-pyrrole nitrogens is 1. The van der Waals surface area contributed by atoms with Gasteiger partial charge in [0, 0.05) is 31.6 Å². The van der Waals surface area contributed by atoms with Gasteiger partial charge in [0.1, 0.15) is 11.9 Å². The summed E-state index contributed by atoms with van der Waals surface area (Å²) >= 11 is 0. The van der Waals surface area contributed by atoms with Gasteiger partial charge in [0.05, 0.1) is 18.8 Å². The van der Waals surface area contributed by atoms with Crippen LogP contribution in [0.15, 0.2) is 6.07 Å². The maximum atomic E-state index is 12.5. The van der Waals surface area contributed by atoms with Crippen LogP contribution in [0.3, 0.4) is 0 Å². The SMILES string of the molecule is CCc1nc([C@H]2CN(C(=O)CCn3nc(C)cc3C)CCO2)n[nH]1. The second kappa shape index (κ2) is 7.12. The first-order valence-corrected chi connectivity index (χ1v) is 8.38. The van der Waals surface area contributed by atoms with E-state index in [9.17, 15) is 4.79 Å². The summed E-state index contributed by atoms with van der Waals surface area (Å²) < 4.78 is 7.61. The van der Waals surface area contributed by atoms with Gasteiger partial charge in [-0.25, -0.2) is 4.98 Å². The average molecular weight is 332 g/mol. The van der Waals surface area contributed by atoms with Gasteiger partial charge in [0.2, 0.25) is 5.91 Å². The number of hydrogen-bond donors (Lipinski definition) is 1. The van der Waals surface area contributed by atoms with Crippen LogP contribution in [0.25, 0.3) is 0 Å². The van der Waals surface area contributed by atoms with Crippen LogP contribution in [0.5, 0.6) is 0 Å². The van der Waals surface area contributed by atoms with Gasteiger partial charge < -0.3 is 9.64 Å². The van der Waals surface area contributed by atoms with E-state index in [1.54, 1.807) is 0 Å². The van der Waals surface area contributed by atoms with Crippen molar-refractivity contribution in [3.8, 4) is 0 Å². The molecule has 0 saturated carbocycles. The highest BCUT2D eigenvalue weighted by Crippen LogP contribution is 2.20. The topological polar surface area (TPSA) is 88.9 Å². The Kier molecular flexibility index (Phi) is 4.94. The summed E-state index contributed by atoms with van der Waals surface area (Å²) in [5, 5.41) is 11.5. The zero-order valence-corrected chi connectivity index (χ0v) is 14.4. The predicted molar refractivity (Wildman–Crippen MR) is 87.4 cm³/mol. The van der Waals surface area contributed by atoms with Gasteiger partial charge in [-0.2, -0.15) is 10.2 Å². The molecule has 1 amide bonds. The highest BCUT2D eigenvalue weighted by molar-refractivity contribution is 5.76. The highest BCUT2D eigenvalue weighted by Gasteiger charge is 2.27. The third-order valence-electron chi connectivity index (χ3n) is 4.23. The van der Waals surface area contributed by atoms with Gasteiger partial charge in [0.25, 0.3) is 0 Å². The molecule has 24 heavy (non-hydrogen) atoms. The minimum atomic E-state index is -0.257. The number of aromatic amines is 1. The van der Waals surface area contributed by atoms with E-state index in [1.165, 1.54) is 0 Å². The monoisotopic (exact) mass is 332 g/mol. The first-order valence-electron chi connectivity index (χ1n) is 8.38. The summed E-state index contributed by atoms with van der Waals surface area (Å²) in [6.45, 7) is 8.19. The van der Waals surface area contributed by atoms with Crippen LogP contribution in [0, 0.1) is 13.8 Å². The number of aromatic nitrogens is 5. The molecule has 2 aromatic heterocycles. The van der Waals surface area contributed by atoms with Crippen LogP contribution in [0.4, 0.5) is 0 Å². The Morgan fingerprint density at radius 1 is 1.46 bits per heavy atom. The normalized spacial score (nSPS) is 18.1. The third-order valence-corrected chi connectivity index (χ3v) is 4.23. The van der Waals surface area contributed by atoms with Crippen LogP contribution >= 0.6 is 0 Å². The molecule has 0 unspecified atom stereocenters. The fourth-order valence-corrected chi connectivity index (χ4v) is 2.91. The predicted octanol–water partition coefficient (Wildman–Crippen LogP) is 1.17. The summed E-state index contributed by atoms with van der Waals surface area (Å²) in [6, 6.07) is 2.02. The van der Waals surface area contributed by atoms with Crippen LogP contribution in [-0.4, -0.2) is 55.5 Å². The van der Waals surface area contributed by atoms with Crippen molar-refractivity contribution in [2.75, 3.05) is 19.7 Å². The lowest BCUT2D eigenvalue weighted by atomic mass is 10.2.